The van der Waals surface area contributed by atoms with Crippen LogP contribution in [0.25, 0.3) is 10.4 Å². The Balaban J connectivity index is 2.53. The minimum Gasteiger partial charge on any atom is -0.326 e. The maximum absolute atomic E-state index is 13.8. The summed E-state index contributed by atoms with van der Waals surface area (Å²) < 4.78 is 13.8. The lowest BCUT2D eigenvalue weighted by Gasteiger charge is -2.02. The Bertz CT molecular complexity index is 517. The van der Waals surface area contributed by atoms with Gasteiger partial charge >= 0.3 is 0 Å². The van der Waals surface area contributed by atoms with Gasteiger partial charge in [-0.05, 0) is 37.1 Å². The molecule has 1 aromatic carbocycles. The number of aryl methyl sites for hydroxylation is 2. The maximum atomic E-state index is 13.8. The van der Waals surface area contributed by atoms with Gasteiger partial charge in [-0.1, -0.05) is 12.1 Å². The molecule has 3 heteroatoms. The van der Waals surface area contributed by atoms with E-state index in [9.17, 15) is 4.39 Å². The summed E-state index contributed by atoms with van der Waals surface area (Å²) in [5, 5.41) is 0. The standard InChI is InChI=1S/C13H14FNS/c1-8-3-4-11(12(14)5-8)13-9(2)6-10(7-15)16-13/h3-6H,7,15H2,1-2H3. The summed E-state index contributed by atoms with van der Waals surface area (Å²) in [5.41, 5.74) is 8.29. The molecule has 2 N–H and O–H groups in total. The lowest BCUT2D eigenvalue weighted by Crippen LogP contribution is -1.91. The Morgan fingerprint density at radius 3 is 2.56 bits per heavy atom. The predicted molar refractivity (Wildman–Crippen MR) is 67.1 cm³/mol. The zero-order valence-corrected chi connectivity index (χ0v) is 10.2. The fourth-order valence-corrected chi connectivity index (χ4v) is 2.80. The molecule has 0 unspecified atom stereocenters. The molecule has 2 rings (SSSR count). The van der Waals surface area contributed by atoms with Crippen molar-refractivity contribution in [3.63, 3.8) is 0 Å². The highest BCUT2D eigenvalue weighted by Gasteiger charge is 2.11. The predicted octanol–water partition coefficient (Wildman–Crippen LogP) is 3.63. The van der Waals surface area contributed by atoms with Crippen LogP contribution in [0.15, 0.2) is 24.3 Å². The van der Waals surface area contributed by atoms with Gasteiger partial charge in [-0.2, -0.15) is 0 Å². The van der Waals surface area contributed by atoms with Crippen LogP contribution in [0, 0.1) is 19.7 Å². The van der Waals surface area contributed by atoms with Crippen molar-refractivity contribution in [2.75, 3.05) is 0 Å². The maximum Gasteiger partial charge on any atom is 0.132 e. The molecule has 0 fully saturated rings. The molecule has 16 heavy (non-hydrogen) atoms. The Labute approximate surface area is 98.7 Å². The molecule has 0 saturated heterocycles. The largest absolute Gasteiger partial charge is 0.326 e. The molecule has 0 radical (unpaired) electrons. The van der Waals surface area contributed by atoms with Crippen LogP contribution in [0.4, 0.5) is 4.39 Å². The minimum absolute atomic E-state index is 0.159. The lowest BCUT2D eigenvalue weighted by atomic mass is 10.1. The smallest absolute Gasteiger partial charge is 0.132 e. The molecule has 0 amide bonds. The monoisotopic (exact) mass is 235 g/mol. The van der Waals surface area contributed by atoms with Crippen molar-refractivity contribution >= 4 is 11.3 Å². The minimum atomic E-state index is -0.159. The fourth-order valence-electron chi connectivity index (χ4n) is 1.72. The number of thiophene rings is 1. The van der Waals surface area contributed by atoms with Crippen LogP contribution in [-0.4, -0.2) is 0 Å². The summed E-state index contributed by atoms with van der Waals surface area (Å²) in [6.07, 6.45) is 0. The van der Waals surface area contributed by atoms with Gasteiger partial charge in [-0.25, -0.2) is 4.39 Å². The van der Waals surface area contributed by atoms with Gasteiger partial charge in [0, 0.05) is 21.9 Å². The first-order valence-electron chi connectivity index (χ1n) is 5.17. The van der Waals surface area contributed by atoms with Crippen molar-refractivity contribution in [1.82, 2.24) is 0 Å². The number of benzene rings is 1. The number of rotatable bonds is 2. The molecule has 0 aliphatic carbocycles. The lowest BCUT2D eigenvalue weighted by molar-refractivity contribution is 0.630. The van der Waals surface area contributed by atoms with E-state index in [2.05, 4.69) is 0 Å². The SMILES string of the molecule is Cc1ccc(-c2sc(CN)cc2C)c(F)c1. The third-order valence-corrected chi connectivity index (χ3v) is 3.83. The van der Waals surface area contributed by atoms with Crippen LogP contribution in [0.2, 0.25) is 0 Å². The van der Waals surface area contributed by atoms with Crippen LogP contribution < -0.4 is 5.73 Å². The van der Waals surface area contributed by atoms with Crippen molar-refractivity contribution in [2.24, 2.45) is 5.73 Å². The summed E-state index contributed by atoms with van der Waals surface area (Å²) in [4.78, 5) is 2.07. The van der Waals surface area contributed by atoms with Gasteiger partial charge in [0.1, 0.15) is 5.82 Å². The van der Waals surface area contributed by atoms with Gasteiger partial charge < -0.3 is 5.73 Å². The zero-order valence-electron chi connectivity index (χ0n) is 9.38. The van der Waals surface area contributed by atoms with Crippen molar-refractivity contribution in [2.45, 2.75) is 20.4 Å². The molecule has 1 nitrogen and oxygen atoms in total. The van der Waals surface area contributed by atoms with E-state index in [1.807, 2.05) is 32.0 Å². The van der Waals surface area contributed by atoms with Crippen LogP contribution >= 0.6 is 11.3 Å². The van der Waals surface area contributed by atoms with Gasteiger partial charge in [0.25, 0.3) is 0 Å². The highest BCUT2D eigenvalue weighted by molar-refractivity contribution is 7.15. The molecule has 1 aromatic heterocycles. The highest BCUT2D eigenvalue weighted by atomic mass is 32.1. The fraction of sp³-hybridized carbons (Fsp3) is 0.231. The first-order valence-corrected chi connectivity index (χ1v) is 5.99. The van der Waals surface area contributed by atoms with Gasteiger partial charge in [-0.15, -0.1) is 11.3 Å². The number of hydrogen-bond donors (Lipinski definition) is 1. The van der Waals surface area contributed by atoms with E-state index in [0.29, 0.717) is 12.1 Å². The molecule has 0 atom stereocenters. The zero-order chi connectivity index (χ0) is 11.7. The van der Waals surface area contributed by atoms with Gasteiger partial charge in [0.15, 0.2) is 0 Å². The van der Waals surface area contributed by atoms with E-state index in [1.54, 1.807) is 17.4 Å². The number of halogens is 1. The average molecular weight is 235 g/mol. The van der Waals surface area contributed by atoms with E-state index < -0.39 is 0 Å². The first-order chi connectivity index (χ1) is 7.61. The van der Waals surface area contributed by atoms with E-state index >= 15 is 0 Å². The first kappa shape index (κ1) is 11.3. The molecular weight excluding hydrogens is 221 g/mol. The van der Waals surface area contributed by atoms with E-state index in [1.165, 1.54) is 0 Å². The molecule has 1 heterocycles. The van der Waals surface area contributed by atoms with Crippen molar-refractivity contribution in [1.29, 1.82) is 0 Å². The second-order valence-corrected chi connectivity index (χ2v) is 5.05. The Morgan fingerprint density at radius 2 is 2.00 bits per heavy atom. The van der Waals surface area contributed by atoms with E-state index in [-0.39, 0.29) is 5.82 Å². The van der Waals surface area contributed by atoms with Gasteiger partial charge in [0.05, 0.1) is 0 Å². The molecule has 84 valence electrons. The second-order valence-electron chi connectivity index (χ2n) is 3.91. The Morgan fingerprint density at radius 1 is 1.25 bits per heavy atom. The average Bonchev–Trinajstić information content (AvgIpc) is 2.60. The summed E-state index contributed by atoms with van der Waals surface area (Å²) in [6, 6.07) is 7.36. The van der Waals surface area contributed by atoms with Gasteiger partial charge in [0.2, 0.25) is 0 Å². The van der Waals surface area contributed by atoms with Crippen molar-refractivity contribution in [3.8, 4) is 10.4 Å². The summed E-state index contributed by atoms with van der Waals surface area (Å²) in [7, 11) is 0. The third kappa shape index (κ3) is 2.01. The topological polar surface area (TPSA) is 26.0 Å². The van der Waals surface area contributed by atoms with Crippen LogP contribution in [0.5, 0.6) is 0 Å². The molecular formula is C13H14FNS. The molecule has 0 aliphatic rings. The van der Waals surface area contributed by atoms with Crippen LogP contribution in [-0.2, 0) is 6.54 Å². The van der Waals surface area contributed by atoms with Crippen LogP contribution in [0.3, 0.4) is 0 Å². The summed E-state index contributed by atoms with van der Waals surface area (Å²) >= 11 is 1.57. The quantitative estimate of drug-likeness (QED) is 0.845. The molecule has 0 aliphatic heterocycles. The highest BCUT2D eigenvalue weighted by Crippen LogP contribution is 2.34. The van der Waals surface area contributed by atoms with Crippen molar-refractivity contribution < 1.29 is 4.39 Å². The third-order valence-electron chi connectivity index (χ3n) is 2.54. The normalized spacial score (nSPS) is 10.8. The molecule has 2 aromatic rings. The Kier molecular flexibility index (Phi) is 3.08. The van der Waals surface area contributed by atoms with E-state index in [0.717, 1.165) is 20.9 Å². The van der Waals surface area contributed by atoms with Gasteiger partial charge in [-0.3, -0.25) is 0 Å². The van der Waals surface area contributed by atoms with Crippen LogP contribution in [0.1, 0.15) is 16.0 Å². The number of hydrogen-bond acceptors (Lipinski definition) is 2. The molecule has 0 bridgehead atoms. The van der Waals surface area contributed by atoms with E-state index in [4.69, 9.17) is 5.73 Å². The summed E-state index contributed by atoms with van der Waals surface area (Å²) in [6.45, 7) is 4.39. The summed E-state index contributed by atoms with van der Waals surface area (Å²) in [5.74, 6) is -0.159. The number of nitrogens with two attached hydrogens (primary N) is 1. The second kappa shape index (κ2) is 4.36. The Hall–Kier alpha value is -1.19. The molecule has 0 saturated carbocycles. The molecule has 0 spiro atoms. The van der Waals surface area contributed by atoms with Crippen molar-refractivity contribution in [3.05, 3.63) is 46.1 Å².